The van der Waals surface area contributed by atoms with E-state index in [-0.39, 0.29) is 18.2 Å². The normalized spacial score (nSPS) is 18.8. The highest BCUT2D eigenvalue weighted by molar-refractivity contribution is 6.23. The summed E-state index contributed by atoms with van der Waals surface area (Å²) in [7, 11) is 0. The number of likely N-dealkylation sites (tertiary alicyclic amines) is 1. The fourth-order valence-corrected chi connectivity index (χ4v) is 6.38. The standard InChI is InChI=1S/C34H34N4O3/c1-2-20-37-33(41)38(30-16-12-28(13-17-30)31(39)27-8-4-3-5-9-27)32(40)34(37)18-23-35(24-19-34)25-26-10-14-29(15-11-26)36-21-6-7-22-36/h1,3-5,8-17H,6-7,18-25H2. The third-order valence-electron chi connectivity index (χ3n) is 8.71. The summed E-state index contributed by atoms with van der Waals surface area (Å²) in [6.07, 6.45) is 9.21. The van der Waals surface area contributed by atoms with Gasteiger partial charge >= 0.3 is 6.03 Å². The number of carbonyl (C=O) groups is 3. The van der Waals surface area contributed by atoms with Crippen LogP contribution < -0.4 is 9.80 Å². The summed E-state index contributed by atoms with van der Waals surface area (Å²) in [5.74, 6) is 2.24. The quantitative estimate of drug-likeness (QED) is 0.238. The molecule has 0 aromatic heterocycles. The van der Waals surface area contributed by atoms with Gasteiger partial charge in [0.05, 0.1) is 12.2 Å². The summed E-state index contributed by atoms with van der Waals surface area (Å²) >= 11 is 0. The molecule has 3 fully saturated rings. The molecule has 3 saturated heterocycles. The van der Waals surface area contributed by atoms with Crippen molar-refractivity contribution in [3.8, 4) is 12.3 Å². The second-order valence-corrected chi connectivity index (χ2v) is 11.1. The lowest BCUT2D eigenvalue weighted by molar-refractivity contribution is -0.127. The zero-order valence-electron chi connectivity index (χ0n) is 23.2. The number of ketones is 1. The number of benzene rings is 3. The molecule has 0 aliphatic carbocycles. The largest absolute Gasteiger partial charge is 0.372 e. The van der Waals surface area contributed by atoms with E-state index in [1.54, 1.807) is 41.3 Å². The summed E-state index contributed by atoms with van der Waals surface area (Å²) in [4.78, 5) is 48.0. The second kappa shape index (κ2) is 11.2. The van der Waals surface area contributed by atoms with Gasteiger partial charge in [0.15, 0.2) is 5.78 Å². The van der Waals surface area contributed by atoms with Crippen molar-refractivity contribution in [2.45, 2.75) is 37.8 Å². The van der Waals surface area contributed by atoms with E-state index in [9.17, 15) is 14.4 Å². The smallest absolute Gasteiger partial charge is 0.333 e. The number of hydrogen-bond acceptors (Lipinski definition) is 5. The topological polar surface area (TPSA) is 64.2 Å². The Bertz CT molecular complexity index is 1460. The monoisotopic (exact) mass is 546 g/mol. The first kappa shape index (κ1) is 26.8. The highest BCUT2D eigenvalue weighted by Gasteiger charge is 2.58. The number of amides is 3. The molecule has 6 rings (SSSR count). The number of urea groups is 1. The first-order valence-electron chi connectivity index (χ1n) is 14.4. The van der Waals surface area contributed by atoms with Crippen LogP contribution in [0.25, 0.3) is 0 Å². The second-order valence-electron chi connectivity index (χ2n) is 11.1. The lowest BCUT2D eigenvalue weighted by Crippen LogP contribution is -2.56. The Morgan fingerprint density at radius 2 is 1.39 bits per heavy atom. The summed E-state index contributed by atoms with van der Waals surface area (Å²) in [6.45, 7) is 4.50. The molecule has 3 heterocycles. The Hall–Kier alpha value is -4.41. The number of terminal acetylenes is 1. The number of anilines is 2. The molecular weight excluding hydrogens is 512 g/mol. The lowest BCUT2D eigenvalue weighted by atomic mass is 9.85. The van der Waals surface area contributed by atoms with Crippen LogP contribution in [-0.2, 0) is 11.3 Å². The molecule has 7 nitrogen and oxygen atoms in total. The van der Waals surface area contributed by atoms with Gasteiger partial charge in [-0.05, 0) is 67.6 Å². The maximum Gasteiger partial charge on any atom is 0.333 e. The third kappa shape index (κ3) is 5.00. The molecule has 0 saturated carbocycles. The van der Waals surface area contributed by atoms with Crippen molar-refractivity contribution in [3.05, 3.63) is 95.6 Å². The Balaban J connectivity index is 1.15. The maximum atomic E-state index is 14.0. The van der Waals surface area contributed by atoms with E-state index < -0.39 is 11.6 Å². The van der Waals surface area contributed by atoms with Gasteiger partial charge in [0.2, 0.25) is 0 Å². The molecule has 41 heavy (non-hydrogen) atoms. The summed E-state index contributed by atoms with van der Waals surface area (Å²) in [6, 6.07) is 24.1. The Kier molecular flexibility index (Phi) is 7.34. The van der Waals surface area contributed by atoms with Crippen molar-refractivity contribution in [1.29, 1.82) is 0 Å². The van der Waals surface area contributed by atoms with Crippen LogP contribution in [0, 0.1) is 12.3 Å². The SMILES string of the molecule is C#CCN1C(=O)N(c2ccc(C(=O)c3ccccc3)cc2)C(=O)C12CCN(Cc1ccc(N3CCCC3)cc1)CC2. The van der Waals surface area contributed by atoms with Crippen LogP contribution in [0.1, 0.15) is 47.2 Å². The minimum absolute atomic E-state index is 0.0730. The minimum Gasteiger partial charge on any atom is -0.372 e. The first-order chi connectivity index (χ1) is 20.0. The van der Waals surface area contributed by atoms with Crippen LogP contribution >= 0.6 is 0 Å². The number of nitrogens with zero attached hydrogens (tertiary/aromatic N) is 4. The van der Waals surface area contributed by atoms with E-state index in [0.29, 0.717) is 42.7 Å². The molecule has 3 aliphatic heterocycles. The predicted octanol–water partition coefficient (Wildman–Crippen LogP) is 4.95. The molecule has 7 heteroatoms. The highest BCUT2D eigenvalue weighted by atomic mass is 16.2. The van der Waals surface area contributed by atoms with Crippen LogP contribution in [0.2, 0.25) is 0 Å². The van der Waals surface area contributed by atoms with Gasteiger partial charge in [0.25, 0.3) is 5.91 Å². The number of rotatable bonds is 7. The number of carbonyl (C=O) groups excluding carboxylic acids is 3. The van der Waals surface area contributed by atoms with E-state index in [2.05, 4.69) is 40.0 Å². The fourth-order valence-electron chi connectivity index (χ4n) is 6.38. The van der Waals surface area contributed by atoms with Crippen LogP contribution in [0.3, 0.4) is 0 Å². The third-order valence-corrected chi connectivity index (χ3v) is 8.71. The van der Waals surface area contributed by atoms with Crippen LogP contribution in [0.5, 0.6) is 0 Å². The van der Waals surface area contributed by atoms with Gasteiger partial charge in [-0.15, -0.1) is 6.42 Å². The summed E-state index contributed by atoms with van der Waals surface area (Å²) in [5, 5.41) is 0. The van der Waals surface area contributed by atoms with Gasteiger partial charge in [0, 0.05) is 49.5 Å². The average molecular weight is 547 g/mol. The van der Waals surface area contributed by atoms with Gasteiger partial charge in [0.1, 0.15) is 5.54 Å². The van der Waals surface area contributed by atoms with Crippen molar-refractivity contribution in [2.24, 2.45) is 0 Å². The molecule has 3 aromatic carbocycles. The predicted molar refractivity (Wildman–Crippen MR) is 160 cm³/mol. The molecule has 0 atom stereocenters. The molecule has 0 radical (unpaired) electrons. The molecular formula is C34H34N4O3. The van der Waals surface area contributed by atoms with Crippen molar-refractivity contribution < 1.29 is 14.4 Å². The van der Waals surface area contributed by atoms with Crippen LogP contribution in [0.15, 0.2) is 78.9 Å². The first-order valence-corrected chi connectivity index (χ1v) is 14.4. The number of hydrogen-bond donors (Lipinski definition) is 0. The zero-order valence-corrected chi connectivity index (χ0v) is 23.2. The van der Waals surface area contributed by atoms with Gasteiger partial charge in [-0.3, -0.25) is 19.4 Å². The van der Waals surface area contributed by atoms with Crippen molar-refractivity contribution >= 4 is 29.1 Å². The fraction of sp³-hybridized carbons (Fsp3) is 0.324. The molecule has 208 valence electrons. The van der Waals surface area contributed by atoms with Crippen molar-refractivity contribution in [1.82, 2.24) is 9.80 Å². The van der Waals surface area contributed by atoms with Gasteiger partial charge in [-0.2, -0.15) is 0 Å². The number of piperidine rings is 1. The molecule has 3 aliphatic rings. The number of imide groups is 1. The van der Waals surface area contributed by atoms with E-state index in [4.69, 9.17) is 6.42 Å². The summed E-state index contributed by atoms with van der Waals surface area (Å²) < 4.78 is 0. The zero-order chi connectivity index (χ0) is 28.4. The minimum atomic E-state index is -0.960. The molecule has 3 aromatic rings. The van der Waals surface area contributed by atoms with E-state index in [1.165, 1.54) is 29.0 Å². The van der Waals surface area contributed by atoms with E-state index in [0.717, 1.165) is 19.6 Å². The van der Waals surface area contributed by atoms with Crippen molar-refractivity contribution in [2.75, 3.05) is 42.5 Å². The van der Waals surface area contributed by atoms with Gasteiger partial charge < -0.3 is 4.90 Å². The Labute approximate surface area is 241 Å². The molecule has 3 amide bonds. The average Bonchev–Trinajstić information content (AvgIpc) is 3.62. The van der Waals surface area contributed by atoms with Gasteiger partial charge in [-0.1, -0.05) is 48.4 Å². The Morgan fingerprint density at radius 1 is 0.780 bits per heavy atom. The van der Waals surface area contributed by atoms with E-state index >= 15 is 0 Å². The van der Waals surface area contributed by atoms with Crippen LogP contribution in [0.4, 0.5) is 16.2 Å². The molecule has 1 spiro atoms. The van der Waals surface area contributed by atoms with Crippen molar-refractivity contribution in [3.63, 3.8) is 0 Å². The molecule has 0 unspecified atom stereocenters. The van der Waals surface area contributed by atoms with E-state index in [1.807, 2.05) is 18.2 Å². The molecule has 0 N–H and O–H groups in total. The maximum absolute atomic E-state index is 14.0. The lowest BCUT2D eigenvalue weighted by Gasteiger charge is -2.41. The highest BCUT2D eigenvalue weighted by Crippen LogP contribution is 2.39. The molecule has 0 bridgehead atoms. The van der Waals surface area contributed by atoms with Crippen LogP contribution in [-0.4, -0.2) is 65.8 Å². The Morgan fingerprint density at radius 3 is 2.02 bits per heavy atom. The van der Waals surface area contributed by atoms with Gasteiger partial charge in [-0.25, -0.2) is 9.69 Å². The summed E-state index contributed by atoms with van der Waals surface area (Å²) in [5.41, 5.74) is 3.09.